The van der Waals surface area contributed by atoms with Crippen molar-refractivity contribution >= 4 is 40.4 Å². The summed E-state index contributed by atoms with van der Waals surface area (Å²) in [5.74, 6) is -2.84. The molecule has 4 amide bonds. The smallest absolute Gasteiger partial charge is 0.312 e. The zero-order valence-electron chi connectivity index (χ0n) is 26.9. The quantitative estimate of drug-likeness (QED) is 0.227. The van der Waals surface area contributed by atoms with E-state index in [0.29, 0.717) is 13.0 Å². The van der Waals surface area contributed by atoms with E-state index >= 15 is 0 Å². The Morgan fingerprint density at radius 1 is 0.891 bits per heavy atom. The molecule has 0 aromatic heterocycles. The lowest BCUT2D eigenvalue weighted by atomic mass is 9.88. The maximum Gasteiger partial charge on any atom is 0.312 e. The molecule has 10 heteroatoms. The molecule has 0 bridgehead atoms. The molecular weight excluding hydrogens is 584 g/mol. The van der Waals surface area contributed by atoms with Gasteiger partial charge in [-0.1, -0.05) is 72.8 Å². The maximum absolute atomic E-state index is 14.0. The lowest BCUT2D eigenvalue weighted by Crippen LogP contribution is -2.58. The molecule has 1 heterocycles. The third kappa shape index (κ3) is 9.39. The van der Waals surface area contributed by atoms with Crippen LogP contribution >= 0.6 is 0 Å². The van der Waals surface area contributed by atoms with Crippen molar-refractivity contribution in [2.75, 3.05) is 13.6 Å². The summed E-state index contributed by atoms with van der Waals surface area (Å²) in [7, 11) is 1.41. The Labute approximate surface area is 270 Å². The Balaban J connectivity index is 1.60. The van der Waals surface area contributed by atoms with E-state index in [1.165, 1.54) is 7.05 Å². The maximum atomic E-state index is 14.0. The highest BCUT2D eigenvalue weighted by atomic mass is 16.6. The third-order valence-corrected chi connectivity index (χ3v) is 8.10. The zero-order chi connectivity index (χ0) is 33.3. The largest absolute Gasteiger partial charge is 0.450 e. The summed E-state index contributed by atoms with van der Waals surface area (Å²) in [6, 6.07) is 20.9. The van der Waals surface area contributed by atoms with E-state index in [1.54, 1.807) is 20.8 Å². The minimum Gasteiger partial charge on any atom is -0.450 e. The van der Waals surface area contributed by atoms with Gasteiger partial charge in [0.25, 0.3) is 5.91 Å². The fourth-order valence-electron chi connectivity index (χ4n) is 5.50. The van der Waals surface area contributed by atoms with E-state index in [4.69, 9.17) is 4.74 Å². The molecule has 1 saturated heterocycles. The normalized spacial score (nSPS) is 16.8. The number of amides is 4. The number of fused-ring (bicyclic) bond motifs is 1. The van der Waals surface area contributed by atoms with Crippen LogP contribution in [0.15, 0.2) is 72.8 Å². The van der Waals surface area contributed by atoms with Crippen LogP contribution in [0.5, 0.6) is 0 Å². The fourth-order valence-corrected chi connectivity index (χ4v) is 5.50. The first-order valence-corrected chi connectivity index (χ1v) is 15.8. The van der Waals surface area contributed by atoms with Crippen molar-refractivity contribution in [3.63, 3.8) is 0 Å². The van der Waals surface area contributed by atoms with Crippen LogP contribution in [0.1, 0.15) is 51.2 Å². The average Bonchev–Trinajstić information content (AvgIpc) is 3.03. The number of ether oxygens (including phenoxy) is 1. The van der Waals surface area contributed by atoms with Crippen molar-refractivity contribution in [2.24, 2.45) is 11.3 Å². The van der Waals surface area contributed by atoms with E-state index in [9.17, 15) is 24.0 Å². The number of esters is 1. The molecular formula is C36H44N4O6. The molecule has 244 valence electrons. The minimum absolute atomic E-state index is 0.0547. The molecule has 1 unspecified atom stereocenters. The van der Waals surface area contributed by atoms with Crippen molar-refractivity contribution in [1.82, 2.24) is 21.3 Å². The SMILES string of the molecule is CNC(=O)C(OC(=O)C(C)(C)C)[C@@H](C[C@H]1CCCNC1=O)NC(=O)[C@H](Cc1ccccc1)NC(=O)Cc1ccc2ccccc2c1. The van der Waals surface area contributed by atoms with Gasteiger partial charge in [-0.05, 0) is 61.9 Å². The number of carbonyl (C=O) groups excluding carboxylic acids is 5. The zero-order valence-corrected chi connectivity index (χ0v) is 26.9. The number of nitrogens with one attached hydrogen (secondary N) is 4. The Kier molecular flexibility index (Phi) is 11.5. The number of piperidine rings is 1. The van der Waals surface area contributed by atoms with Gasteiger partial charge in [-0.3, -0.25) is 24.0 Å². The lowest BCUT2D eigenvalue weighted by molar-refractivity contribution is -0.166. The molecule has 0 spiro atoms. The van der Waals surface area contributed by atoms with Crippen LogP contribution in [-0.2, 0) is 41.6 Å². The second kappa shape index (κ2) is 15.5. The number of rotatable bonds is 12. The van der Waals surface area contributed by atoms with Gasteiger partial charge in [-0.15, -0.1) is 0 Å². The second-order valence-corrected chi connectivity index (χ2v) is 12.8. The first-order chi connectivity index (χ1) is 21.9. The van der Waals surface area contributed by atoms with E-state index in [1.807, 2.05) is 72.8 Å². The highest BCUT2D eigenvalue weighted by Gasteiger charge is 2.39. The van der Waals surface area contributed by atoms with Crippen molar-refractivity contribution in [3.05, 3.63) is 83.9 Å². The third-order valence-electron chi connectivity index (χ3n) is 8.10. The van der Waals surface area contributed by atoms with E-state index < -0.39 is 47.3 Å². The summed E-state index contributed by atoms with van der Waals surface area (Å²) in [5.41, 5.74) is 0.694. The average molecular weight is 629 g/mol. The van der Waals surface area contributed by atoms with Crippen LogP contribution in [0.4, 0.5) is 0 Å². The molecule has 1 aliphatic rings. The summed E-state index contributed by atoms with van der Waals surface area (Å²) in [6.07, 6.45) is 0.197. The fraction of sp³-hybridized carbons (Fsp3) is 0.417. The van der Waals surface area contributed by atoms with Crippen LogP contribution in [0.25, 0.3) is 10.8 Å². The topological polar surface area (TPSA) is 143 Å². The van der Waals surface area contributed by atoms with E-state index in [2.05, 4.69) is 21.3 Å². The monoisotopic (exact) mass is 628 g/mol. The molecule has 1 fully saturated rings. The Hall–Kier alpha value is -4.73. The van der Waals surface area contributed by atoms with Crippen LogP contribution in [-0.4, -0.2) is 61.4 Å². The van der Waals surface area contributed by atoms with Gasteiger partial charge in [0.1, 0.15) is 6.04 Å². The molecule has 4 atom stereocenters. The predicted octanol–water partition coefficient (Wildman–Crippen LogP) is 3.21. The molecule has 3 aromatic rings. The standard InChI is InChI=1S/C36H44N4O6/c1-36(2,3)35(45)46-31(34(44)37-4)28(22-27-15-10-18-38-32(27)42)40-33(43)29(20-23-11-6-5-7-12-23)39-30(41)21-24-16-17-25-13-8-9-14-26(25)19-24/h5-9,11-14,16-17,19,27-29,31H,10,15,18,20-22H2,1-4H3,(H,37,44)(H,38,42)(H,39,41)(H,40,43)/t27-,28-,29+,31?/m1/s1. The molecule has 0 saturated carbocycles. The van der Waals surface area contributed by atoms with Gasteiger partial charge in [-0.25, -0.2) is 0 Å². The molecule has 4 N–H and O–H groups in total. The number of likely N-dealkylation sites (N-methyl/N-ethyl adjacent to an activating group) is 1. The van der Waals surface area contributed by atoms with Crippen molar-refractivity contribution in [3.8, 4) is 0 Å². The van der Waals surface area contributed by atoms with E-state index in [0.717, 1.165) is 28.3 Å². The summed E-state index contributed by atoms with van der Waals surface area (Å²) >= 11 is 0. The molecule has 0 radical (unpaired) electrons. The lowest BCUT2D eigenvalue weighted by Gasteiger charge is -2.33. The van der Waals surface area contributed by atoms with Crippen LogP contribution in [0.3, 0.4) is 0 Å². The van der Waals surface area contributed by atoms with Crippen molar-refractivity contribution < 1.29 is 28.7 Å². The van der Waals surface area contributed by atoms with Crippen molar-refractivity contribution in [1.29, 1.82) is 0 Å². The summed E-state index contributed by atoms with van der Waals surface area (Å²) in [6.45, 7) is 5.55. The Bertz CT molecular complexity index is 1550. The highest BCUT2D eigenvalue weighted by Crippen LogP contribution is 2.23. The summed E-state index contributed by atoms with van der Waals surface area (Å²) in [4.78, 5) is 66.3. The molecule has 1 aliphatic heterocycles. The molecule has 46 heavy (non-hydrogen) atoms. The molecule has 10 nitrogen and oxygen atoms in total. The van der Waals surface area contributed by atoms with Gasteiger partial charge >= 0.3 is 5.97 Å². The number of hydrogen-bond acceptors (Lipinski definition) is 6. The predicted molar refractivity (Wildman–Crippen MR) is 175 cm³/mol. The molecule has 3 aromatic carbocycles. The molecule has 0 aliphatic carbocycles. The van der Waals surface area contributed by atoms with Gasteiger partial charge in [0.05, 0.1) is 17.9 Å². The van der Waals surface area contributed by atoms with Gasteiger partial charge in [-0.2, -0.15) is 0 Å². The summed E-state index contributed by atoms with van der Waals surface area (Å²) in [5, 5.41) is 13.2. The Morgan fingerprint density at radius 3 is 2.26 bits per heavy atom. The highest BCUT2D eigenvalue weighted by molar-refractivity contribution is 5.91. The first-order valence-electron chi connectivity index (χ1n) is 15.8. The van der Waals surface area contributed by atoms with Crippen molar-refractivity contribution in [2.45, 2.75) is 71.1 Å². The molecule has 4 rings (SSSR count). The van der Waals surface area contributed by atoms with Crippen LogP contribution < -0.4 is 21.3 Å². The van der Waals surface area contributed by atoms with Crippen LogP contribution in [0.2, 0.25) is 0 Å². The second-order valence-electron chi connectivity index (χ2n) is 12.8. The number of hydrogen-bond donors (Lipinski definition) is 4. The van der Waals surface area contributed by atoms with Gasteiger partial charge in [0.15, 0.2) is 6.10 Å². The van der Waals surface area contributed by atoms with Gasteiger partial charge in [0, 0.05) is 25.9 Å². The van der Waals surface area contributed by atoms with Gasteiger partial charge in [0.2, 0.25) is 17.7 Å². The van der Waals surface area contributed by atoms with Crippen LogP contribution in [0, 0.1) is 11.3 Å². The Morgan fingerprint density at radius 2 is 1.59 bits per heavy atom. The number of benzene rings is 3. The minimum atomic E-state index is -1.40. The van der Waals surface area contributed by atoms with Gasteiger partial charge < -0.3 is 26.0 Å². The summed E-state index contributed by atoms with van der Waals surface area (Å²) < 4.78 is 5.72. The number of carbonyl (C=O) groups is 5. The first kappa shape index (κ1) is 34.1. The van der Waals surface area contributed by atoms with E-state index in [-0.39, 0.29) is 31.1 Å².